The molecule has 1 aliphatic carbocycles. The van der Waals surface area contributed by atoms with Crippen molar-refractivity contribution in [1.29, 1.82) is 0 Å². The lowest BCUT2D eigenvalue weighted by Gasteiger charge is -2.19. The highest BCUT2D eigenvalue weighted by atomic mass is 16.5. The first-order chi connectivity index (χ1) is 16.5. The van der Waals surface area contributed by atoms with Crippen LogP contribution in [0.3, 0.4) is 0 Å². The zero-order chi connectivity index (χ0) is 24.1. The normalized spacial score (nSPS) is 12.9. The van der Waals surface area contributed by atoms with E-state index < -0.39 is 24.0 Å². The Balaban J connectivity index is 1.39. The maximum absolute atomic E-state index is 12.8. The fourth-order valence-corrected chi connectivity index (χ4v) is 4.31. The summed E-state index contributed by atoms with van der Waals surface area (Å²) < 4.78 is 5.54. The van der Waals surface area contributed by atoms with Crippen LogP contribution in [0.15, 0.2) is 72.8 Å². The zero-order valence-electron chi connectivity index (χ0n) is 18.8. The zero-order valence-corrected chi connectivity index (χ0v) is 18.8. The van der Waals surface area contributed by atoms with Gasteiger partial charge in [0.2, 0.25) is 5.91 Å². The van der Waals surface area contributed by atoms with Gasteiger partial charge in [0, 0.05) is 11.6 Å². The minimum Gasteiger partial charge on any atom is -0.481 e. The topological polar surface area (TPSA) is 105 Å². The second-order valence-corrected chi connectivity index (χ2v) is 8.15. The molecule has 7 nitrogen and oxygen atoms in total. The highest BCUT2D eigenvalue weighted by molar-refractivity contribution is 5.97. The number of carboxylic acid groups (broad SMARTS) is 1. The fraction of sp³-hybridized carbons (Fsp3) is 0.222. The van der Waals surface area contributed by atoms with Gasteiger partial charge < -0.3 is 20.5 Å². The SMILES string of the molecule is CC[C@@H](NC(=O)OCC1c2ccccc2-c2ccccc21)C(=O)Nc1ccccc1CC(=O)O. The van der Waals surface area contributed by atoms with Crippen molar-refractivity contribution in [2.45, 2.75) is 31.7 Å². The quantitative estimate of drug-likeness (QED) is 0.459. The van der Waals surface area contributed by atoms with E-state index in [0.29, 0.717) is 17.7 Å². The first kappa shape index (κ1) is 23.0. The molecular formula is C27H26N2O5. The molecule has 1 atom stereocenters. The van der Waals surface area contributed by atoms with E-state index in [1.807, 2.05) is 36.4 Å². The molecule has 0 spiro atoms. The fourth-order valence-electron chi connectivity index (χ4n) is 4.31. The Kier molecular flexibility index (Phi) is 6.92. The van der Waals surface area contributed by atoms with Crippen LogP contribution in [0.2, 0.25) is 0 Å². The summed E-state index contributed by atoms with van der Waals surface area (Å²) in [6, 6.07) is 22.0. The van der Waals surface area contributed by atoms with Crippen LogP contribution in [0, 0.1) is 0 Å². The number of nitrogens with one attached hydrogen (secondary N) is 2. The number of hydrogen-bond acceptors (Lipinski definition) is 4. The minimum atomic E-state index is -0.995. The number of carboxylic acids is 1. The van der Waals surface area contributed by atoms with E-state index in [1.54, 1.807) is 31.2 Å². The third-order valence-corrected chi connectivity index (χ3v) is 5.98. The van der Waals surface area contributed by atoms with Gasteiger partial charge in [-0.25, -0.2) is 4.79 Å². The molecule has 0 fully saturated rings. The van der Waals surface area contributed by atoms with Crippen LogP contribution in [0.4, 0.5) is 10.5 Å². The smallest absolute Gasteiger partial charge is 0.407 e. The number of anilines is 1. The average Bonchev–Trinajstić information content (AvgIpc) is 3.16. The second-order valence-electron chi connectivity index (χ2n) is 8.15. The van der Waals surface area contributed by atoms with Crippen molar-refractivity contribution in [1.82, 2.24) is 5.32 Å². The molecule has 34 heavy (non-hydrogen) atoms. The van der Waals surface area contributed by atoms with Gasteiger partial charge in [0.25, 0.3) is 0 Å². The van der Waals surface area contributed by atoms with Crippen LogP contribution in [-0.2, 0) is 20.7 Å². The minimum absolute atomic E-state index is 0.0741. The van der Waals surface area contributed by atoms with Crippen molar-refractivity contribution in [3.8, 4) is 11.1 Å². The molecule has 174 valence electrons. The predicted octanol–water partition coefficient (Wildman–Crippen LogP) is 4.57. The van der Waals surface area contributed by atoms with E-state index in [9.17, 15) is 14.4 Å². The molecule has 3 aromatic rings. The van der Waals surface area contributed by atoms with Gasteiger partial charge in [-0.1, -0.05) is 73.7 Å². The van der Waals surface area contributed by atoms with Gasteiger partial charge in [-0.05, 0) is 40.3 Å². The summed E-state index contributed by atoms with van der Waals surface area (Å²) in [4.78, 5) is 36.4. The standard InChI is InChI=1S/C27H26N2O5/c1-2-23(26(32)28-24-14-8-3-9-17(24)15-25(30)31)29-27(33)34-16-22-20-12-6-4-10-18(20)19-11-5-7-13-21(19)22/h3-14,22-23H,2,15-16H2,1H3,(H,28,32)(H,29,33)(H,30,31)/t23-/m1/s1. The number of carbonyl (C=O) groups excluding carboxylic acids is 2. The Bertz CT molecular complexity index is 1180. The van der Waals surface area contributed by atoms with Crippen molar-refractivity contribution in [3.63, 3.8) is 0 Å². The Morgan fingerprint density at radius 1 is 0.912 bits per heavy atom. The molecule has 3 N–H and O–H groups in total. The lowest BCUT2D eigenvalue weighted by atomic mass is 9.98. The van der Waals surface area contributed by atoms with Gasteiger partial charge in [-0.3, -0.25) is 9.59 Å². The summed E-state index contributed by atoms with van der Waals surface area (Å²) in [5, 5.41) is 14.4. The Morgan fingerprint density at radius 3 is 2.12 bits per heavy atom. The number of ether oxygens (including phenoxy) is 1. The predicted molar refractivity (Wildman–Crippen MR) is 129 cm³/mol. The lowest BCUT2D eigenvalue weighted by molar-refractivity contribution is -0.136. The van der Waals surface area contributed by atoms with Gasteiger partial charge in [0.05, 0.1) is 6.42 Å². The van der Waals surface area contributed by atoms with Crippen molar-refractivity contribution in [2.24, 2.45) is 0 Å². The van der Waals surface area contributed by atoms with Crippen molar-refractivity contribution in [2.75, 3.05) is 11.9 Å². The number of para-hydroxylation sites is 1. The monoisotopic (exact) mass is 458 g/mol. The molecule has 4 rings (SSSR count). The van der Waals surface area contributed by atoms with Gasteiger partial charge >= 0.3 is 12.1 Å². The molecule has 1 aliphatic rings. The van der Waals surface area contributed by atoms with Crippen LogP contribution < -0.4 is 10.6 Å². The number of alkyl carbamates (subject to hydrolysis) is 1. The summed E-state index contributed by atoms with van der Waals surface area (Å²) >= 11 is 0. The van der Waals surface area contributed by atoms with E-state index in [2.05, 4.69) is 22.8 Å². The number of fused-ring (bicyclic) bond motifs is 3. The number of rotatable bonds is 8. The van der Waals surface area contributed by atoms with E-state index in [4.69, 9.17) is 9.84 Å². The van der Waals surface area contributed by atoms with Gasteiger partial charge in [-0.15, -0.1) is 0 Å². The lowest BCUT2D eigenvalue weighted by Crippen LogP contribution is -2.44. The molecule has 0 saturated carbocycles. The molecule has 0 aromatic heterocycles. The number of benzene rings is 3. The first-order valence-corrected chi connectivity index (χ1v) is 11.2. The highest BCUT2D eigenvalue weighted by Gasteiger charge is 2.29. The molecule has 0 saturated heterocycles. The molecule has 0 radical (unpaired) electrons. The van der Waals surface area contributed by atoms with E-state index in [0.717, 1.165) is 22.3 Å². The van der Waals surface area contributed by atoms with Crippen molar-refractivity contribution >= 4 is 23.7 Å². The summed E-state index contributed by atoms with van der Waals surface area (Å²) in [6.45, 7) is 1.93. The number of aliphatic carboxylic acids is 1. The summed E-state index contributed by atoms with van der Waals surface area (Å²) in [7, 11) is 0. The van der Waals surface area contributed by atoms with Crippen LogP contribution in [0.5, 0.6) is 0 Å². The Hall–Kier alpha value is -4.13. The summed E-state index contributed by atoms with van der Waals surface area (Å²) in [5.74, 6) is -1.51. The van der Waals surface area contributed by atoms with Crippen LogP contribution in [0.1, 0.15) is 36.0 Å². The van der Waals surface area contributed by atoms with Crippen LogP contribution >= 0.6 is 0 Å². The molecule has 2 amide bonds. The van der Waals surface area contributed by atoms with E-state index in [1.165, 1.54) is 0 Å². The third kappa shape index (κ3) is 4.93. The largest absolute Gasteiger partial charge is 0.481 e. The van der Waals surface area contributed by atoms with Crippen molar-refractivity contribution in [3.05, 3.63) is 89.5 Å². The van der Waals surface area contributed by atoms with Crippen LogP contribution in [0.25, 0.3) is 11.1 Å². The van der Waals surface area contributed by atoms with Crippen molar-refractivity contribution < 1.29 is 24.2 Å². The number of amides is 2. The van der Waals surface area contributed by atoms with Gasteiger partial charge in [-0.2, -0.15) is 0 Å². The molecule has 0 bridgehead atoms. The van der Waals surface area contributed by atoms with E-state index >= 15 is 0 Å². The Labute approximate surface area is 197 Å². The molecule has 0 heterocycles. The second kappa shape index (κ2) is 10.2. The van der Waals surface area contributed by atoms with E-state index in [-0.39, 0.29) is 18.9 Å². The number of carbonyl (C=O) groups is 3. The highest BCUT2D eigenvalue weighted by Crippen LogP contribution is 2.44. The number of hydrogen-bond donors (Lipinski definition) is 3. The molecular weight excluding hydrogens is 432 g/mol. The summed E-state index contributed by atoms with van der Waals surface area (Å²) in [5.41, 5.74) is 5.38. The Morgan fingerprint density at radius 2 is 1.50 bits per heavy atom. The maximum Gasteiger partial charge on any atom is 0.407 e. The maximum atomic E-state index is 12.8. The molecule has 7 heteroatoms. The average molecular weight is 459 g/mol. The van der Waals surface area contributed by atoms with Gasteiger partial charge in [0.15, 0.2) is 0 Å². The summed E-state index contributed by atoms with van der Waals surface area (Å²) in [6.07, 6.45) is -0.549. The molecule has 3 aromatic carbocycles. The molecule has 0 aliphatic heterocycles. The molecule has 0 unspecified atom stereocenters. The third-order valence-electron chi connectivity index (χ3n) is 5.98. The van der Waals surface area contributed by atoms with Gasteiger partial charge in [0.1, 0.15) is 12.6 Å². The first-order valence-electron chi connectivity index (χ1n) is 11.2. The van der Waals surface area contributed by atoms with Crippen LogP contribution in [-0.4, -0.2) is 35.7 Å².